The molecule has 0 amide bonds. The first-order valence-electron chi connectivity index (χ1n) is 3.12. The third-order valence-corrected chi connectivity index (χ3v) is 2.51. The summed E-state index contributed by atoms with van der Waals surface area (Å²) >= 11 is 11.5. The van der Waals surface area contributed by atoms with Crippen molar-refractivity contribution in [1.82, 2.24) is 4.90 Å². The van der Waals surface area contributed by atoms with E-state index in [0.29, 0.717) is 13.0 Å². The van der Waals surface area contributed by atoms with E-state index in [4.69, 9.17) is 23.2 Å². The van der Waals surface area contributed by atoms with Gasteiger partial charge >= 0.3 is 0 Å². The van der Waals surface area contributed by atoms with Gasteiger partial charge in [-0.3, -0.25) is 9.69 Å². The second-order valence-corrected chi connectivity index (χ2v) is 3.54. The molecule has 58 valence electrons. The van der Waals surface area contributed by atoms with Gasteiger partial charge in [0, 0.05) is 13.0 Å². The van der Waals surface area contributed by atoms with E-state index >= 15 is 0 Å². The molecule has 2 nitrogen and oxygen atoms in total. The topological polar surface area (TPSA) is 20.3 Å². The maximum Gasteiger partial charge on any atom is 0.154 e. The molecule has 1 saturated heterocycles. The molecule has 1 rings (SSSR count). The predicted octanol–water partition coefficient (Wildman–Crippen LogP) is 1.06. The highest BCUT2D eigenvalue weighted by molar-refractivity contribution is 6.33. The zero-order valence-corrected chi connectivity index (χ0v) is 7.19. The van der Waals surface area contributed by atoms with Crippen LogP contribution in [0.15, 0.2) is 0 Å². The minimum absolute atomic E-state index is 0.0553. The van der Waals surface area contributed by atoms with Gasteiger partial charge in [0.1, 0.15) is 5.38 Å². The fraction of sp³-hybridized carbons (Fsp3) is 0.833. The summed E-state index contributed by atoms with van der Waals surface area (Å²) in [5.41, 5.74) is -0.164. The molecule has 0 spiro atoms. The molecule has 0 bridgehead atoms. The van der Waals surface area contributed by atoms with Gasteiger partial charge in [-0.2, -0.15) is 0 Å². The quantitative estimate of drug-likeness (QED) is 0.412. The van der Waals surface area contributed by atoms with Crippen LogP contribution in [-0.4, -0.2) is 35.2 Å². The number of piperidine rings is 1. The lowest BCUT2D eigenvalue weighted by atomic mass is 10.1. The Morgan fingerprint density at radius 2 is 2.20 bits per heavy atom. The first-order valence-corrected chi connectivity index (χ1v) is 3.99. The van der Waals surface area contributed by atoms with Gasteiger partial charge in [-0.25, -0.2) is 0 Å². The predicted molar refractivity (Wildman–Crippen MR) is 41.5 cm³/mol. The van der Waals surface area contributed by atoms with E-state index in [1.54, 1.807) is 0 Å². The zero-order chi connectivity index (χ0) is 7.72. The molecule has 4 heteroatoms. The van der Waals surface area contributed by atoms with Crippen LogP contribution in [0.5, 0.6) is 0 Å². The molecule has 0 aromatic rings. The fourth-order valence-electron chi connectivity index (χ4n) is 0.919. The van der Waals surface area contributed by atoms with E-state index in [2.05, 4.69) is 0 Å². The van der Waals surface area contributed by atoms with Crippen LogP contribution in [-0.2, 0) is 4.79 Å². The molecule has 1 aliphatic heterocycles. The number of hydrogen-bond donors (Lipinski definition) is 0. The average Bonchev–Trinajstić information content (AvgIpc) is 1.84. The van der Waals surface area contributed by atoms with Crippen LogP contribution in [0.2, 0.25) is 0 Å². The molecule has 1 fully saturated rings. The Hall–Kier alpha value is 0.210. The summed E-state index contributed by atoms with van der Waals surface area (Å²) in [7, 11) is 1.86. The van der Waals surface area contributed by atoms with Crippen LogP contribution in [0.25, 0.3) is 0 Å². The maximum absolute atomic E-state index is 10.9. The summed E-state index contributed by atoms with van der Waals surface area (Å²) in [5.74, 6) is 0.0553. The summed E-state index contributed by atoms with van der Waals surface area (Å²) in [6, 6.07) is 0. The Labute approximate surface area is 70.1 Å². The minimum atomic E-state index is -0.361. The van der Waals surface area contributed by atoms with Gasteiger partial charge in [0.15, 0.2) is 5.78 Å². The van der Waals surface area contributed by atoms with Gasteiger partial charge in [0.05, 0.1) is 5.50 Å². The average molecular weight is 182 g/mol. The monoisotopic (exact) mass is 181 g/mol. The van der Waals surface area contributed by atoms with Gasteiger partial charge < -0.3 is 0 Å². The van der Waals surface area contributed by atoms with Gasteiger partial charge in [-0.15, -0.1) is 23.2 Å². The summed E-state index contributed by atoms with van der Waals surface area (Å²) in [5, 5.41) is -0.361. The van der Waals surface area contributed by atoms with E-state index in [1.807, 2.05) is 11.9 Å². The number of nitrogens with zero attached hydrogens (tertiary/aromatic N) is 1. The van der Waals surface area contributed by atoms with Crippen LogP contribution in [0.3, 0.4) is 0 Å². The number of likely N-dealkylation sites (tertiary alicyclic amines) is 1. The van der Waals surface area contributed by atoms with Crippen LogP contribution in [0.1, 0.15) is 6.42 Å². The van der Waals surface area contributed by atoms with Gasteiger partial charge in [-0.1, -0.05) is 0 Å². The van der Waals surface area contributed by atoms with Crippen molar-refractivity contribution in [3.63, 3.8) is 0 Å². The van der Waals surface area contributed by atoms with Crippen molar-refractivity contribution in [2.45, 2.75) is 17.3 Å². The number of halogens is 2. The molecule has 0 saturated carbocycles. The van der Waals surface area contributed by atoms with Crippen LogP contribution < -0.4 is 0 Å². The molecule has 0 aromatic carbocycles. The van der Waals surface area contributed by atoms with E-state index in [1.165, 1.54) is 0 Å². The van der Waals surface area contributed by atoms with E-state index in [-0.39, 0.29) is 16.7 Å². The number of rotatable bonds is 0. The maximum atomic E-state index is 10.9. The Bertz CT molecular complexity index is 151. The van der Waals surface area contributed by atoms with E-state index in [0.717, 1.165) is 0 Å². The lowest BCUT2D eigenvalue weighted by Crippen LogP contribution is -2.43. The van der Waals surface area contributed by atoms with E-state index in [9.17, 15) is 4.79 Å². The summed E-state index contributed by atoms with van der Waals surface area (Å²) in [6.45, 7) is 0.564. The number of Topliss-reactive ketones (excluding diaryl/α,β-unsaturated/α-hetero) is 1. The highest BCUT2D eigenvalue weighted by Crippen LogP contribution is 2.18. The number of alkyl halides is 2. The first-order chi connectivity index (χ1) is 4.61. The molecular formula is C6H9Cl2NO. The Kier molecular flexibility index (Phi) is 2.55. The molecule has 2 atom stereocenters. The van der Waals surface area contributed by atoms with Crippen LogP contribution in [0.4, 0.5) is 0 Å². The van der Waals surface area contributed by atoms with Gasteiger partial charge in [-0.05, 0) is 7.05 Å². The second-order valence-electron chi connectivity index (χ2n) is 2.51. The van der Waals surface area contributed by atoms with Crippen molar-refractivity contribution in [1.29, 1.82) is 0 Å². The van der Waals surface area contributed by atoms with Crippen molar-refractivity contribution in [2.24, 2.45) is 0 Å². The van der Waals surface area contributed by atoms with Gasteiger partial charge in [0.25, 0.3) is 0 Å². The first kappa shape index (κ1) is 8.31. The highest BCUT2D eigenvalue weighted by Gasteiger charge is 2.29. The fourth-order valence-corrected chi connectivity index (χ4v) is 1.46. The molecule has 0 unspecified atom stereocenters. The Morgan fingerprint density at radius 1 is 1.60 bits per heavy atom. The molecule has 0 N–H and O–H groups in total. The molecule has 1 heterocycles. The SMILES string of the molecule is CN1C[C@@H](Cl)C(=O)C[C@@H]1Cl. The number of carbonyl (C=O) groups is 1. The van der Waals surface area contributed by atoms with Crippen molar-refractivity contribution in [2.75, 3.05) is 13.6 Å². The van der Waals surface area contributed by atoms with Gasteiger partial charge in [0.2, 0.25) is 0 Å². The smallest absolute Gasteiger partial charge is 0.154 e. The zero-order valence-electron chi connectivity index (χ0n) is 5.68. The van der Waals surface area contributed by atoms with Crippen LogP contribution in [0, 0.1) is 0 Å². The van der Waals surface area contributed by atoms with Crippen molar-refractivity contribution in [3.8, 4) is 0 Å². The number of ketones is 1. The molecule has 0 aromatic heterocycles. The summed E-state index contributed by atoms with van der Waals surface area (Å²) in [6.07, 6.45) is 0.367. The van der Waals surface area contributed by atoms with Crippen molar-refractivity contribution >= 4 is 29.0 Å². The summed E-state index contributed by atoms with van der Waals surface area (Å²) < 4.78 is 0. The lowest BCUT2D eigenvalue weighted by Gasteiger charge is -2.29. The third-order valence-electron chi connectivity index (χ3n) is 1.65. The number of carbonyl (C=O) groups excluding carboxylic acids is 1. The van der Waals surface area contributed by atoms with Crippen molar-refractivity contribution in [3.05, 3.63) is 0 Å². The third kappa shape index (κ3) is 1.62. The largest absolute Gasteiger partial charge is 0.298 e. The molecule has 1 aliphatic rings. The summed E-state index contributed by atoms with van der Waals surface area (Å²) in [4.78, 5) is 12.8. The van der Waals surface area contributed by atoms with Crippen LogP contribution >= 0.6 is 23.2 Å². The Balaban J connectivity index is 2.54. The molecule has 0 radical (unpaired) electrons. The molecular weight excluding hydrogens is 173 g/mol. The molecule has 10 heavy (non-hydrogen) atoms. The molecule has 0 aliphatic carbocycles. The Morgan fingerprint density at radius 3 is 2.70 bits per heavy atom. The highest BCUT2D eigenvalue weighted by atomic mass is 35.5. The normalized spacial score (nSPS) is 36.5. The number of hydrogen-bond acceptors (Lipinski definition) is 2. The standard InChI is InChI=1S/C6H9Cl2NO/c1-9-3-4(7)5(10)2-6(9)8/h4,6H,2-3H2,1H3/t4-,6-/m1/s1. The second kappa shape index (κ2) is 3.07. The van der Waals surface area contributed by atoms with E-state index < -0.39 is 0 Å². The lowest BCUT2D eigenvalue weighted by molar-refractivity contribution is -0.121. The van der Waals surface area contributed by atoms with Crippen molar-refractivity contribution < 1.29 is 4.79 Å². The minimum Gasteiger partial charge on any atom is -0.298 e.